The molecule has 3 aliphatic heterocycles. The van der Waals surface area contributed by atoms with Gasteiger partial charge in [-0.25, -0.2) is 8.42 Å². The van der Waals surface area contributed by atoms with Gasteiger partial charge in [-0.05, 0) is 98.4 Å². The Labute approximate surface area is 227 Å². The zero-order valence-corrected chi connectivity index (χ0v) is 23.6. The molecular weight excluding hydrogens is 510 g/mol. The minimum absolute atomic E-state index is 0. The number of rotatable bonds is 5. The topological polar surface area (TPSA) is 79.0 Å². The molecule has 5 rings (SSSR count). The van der Waals surface area contributed by atoms with Crippen LogP contribution in [0.15, 0.2) is 35.2 Å². The number of carbonyl (C=O) groups is 1. The standard InChI is InChI=1S/C28H37N3O4S.ClH/c1-20-15-24(35-3)16-21(2)27(20)36(33,34)31-12-4-5-23-7-6-22(17-25(23)31)18-26(32)30-13-9-28(10-14-30)8-11-29-19-28;/h6-7,15-17,29H,4-5,8-14,18-19H2,1-3H3;1H. The van der Waals surface area contributed by atoms with Crippen molar-refractivity contribution >= 4 is 34.0 Å². The van der Waals surface area contributed by atoms with E-state index in [1.54, 1.807) is 23.5 Å². The van der Waals surface area contributed by atoms with E-state index in [1.165, 1.54) is 6.42 Å². The third-order valence-corrected chi connectivity index (χ3v) is 10.4. The molecule has 7 nitrogen and oxygen atoms in total. The monoisotopic (exact) mass is 547 g/mol. The van der Waals surface area contributed by atoms with Crippen LogP contribution < -0.4 is 14.4 Å². The lowest BCUT2D eigenvalue weighted by molar-refractivity contribution is -0.132. The van der Waals surface area contributed by atoms with E-state index >= 15 is 0 Å². The third kappa shape index (κ3) is 5.33. The summed E-state index contributed by atoms with van der Waals surface area (Å²) in [6.45, 7) is 7.82. The number of benzene rings is 2. The largest absolute Gasteiger partial charge is 0.497 e. The number of nitrogens with one attached hydrogen (secondary N) is 1. The highest BCUT2D eigenvalue weighted by Crippen LogP contribution is 2.38. The van der Waals surface area contributed by atoms with Gasteiger partial charge in [-0.15, -0.1) is 12.4 Å². The van der Waals surface area contributed by atoms with Crippen molar-refractivity contribution in [3.63, 3.8) is 0 Å². The molecule has 3 aliphatic rings. The predicted octanol–water partition coefficient (Wildman–Crippen LogP) is 4.02. The van der Waals surface area contributed by atoms with Crippen LogP contribution >= 0.6 is 12.4 Å². The van der Waals surface area contributed by atoms with E-state index in [-0.39, 0.29) is 18.3 Å². The molecule has 2 fully saturated rings. The zero-order chi connectivity index (χ0) is 25.5. The first kappa shape index (κ1) is 27.7. The van der Waals surface area contributed by atoms with Crippen LogP contribution in [0.5, 0.6) is 5.75 Å². The highest BCUT2D eigenvalue weighted by Gasteiger charge is 2.38. The summed E-state index contributed by atoms with van der Waals surface area (Å²) in [5, 5.41) is 3.47. The van der Waals surface area contributed by atoms with Crippen LogP contribution in [0.4, 0.5) is 5.69 Å². The molecule has 0 bridgehead atoms. The number of ether oxygens (including phenoxy) is 1. The summed E-state index contributed by atoms with van der Waals surface area (Å²) in [5.41, 5.74) is 4.30. The fourth-order valence-corrected chi connectivity index (χ4v) is 8.18. The van der Waals surface area contributed by atoms with Crippen molar-refractivity contribution in [2.75, 3.05) is 44.1 Å². The quantitative estimate of drug-likeness (QED) is 0.611. The average Bonchev–Trinajstić information content (AvgIpc) is 3.31. The second-order valence-corrected chi connectivity index (χ2v) is 12.5. The molecule has 1 amide bonds. The average molecular weight is 548 g/mol. The Kier molecular flexibility index (Phi) is 8.12. The first-order valence-electron chi connectivity index (χ1n) is 13.0. The number of piperidine rings is 1. The van der Waals surface area contributed by atoms with Gasteiger partial charge < -0.3 is 15.0 Å². The van der Waals surface area contributed by atoms with Gasteiger partial charge in [-0.1, -0.05) is 12.1 Å². The molecule has 3 heterocycles. The van der Waals surface area contributed by atoms with E-state index < -0.39 is 10.0 Å². The number of hydrogen-bond acceptors (Lipinski definition) is 5. The maximum absolute atomic E-state index is 13.9. The van der Waals surface area contributed by atoms with Crippen molar-refractivity contribution in [1.29, 1.82) is 0 Å². The third-order valence-electron chi connectivity index (χ3n) is 8.31. The lowest BCUT2D eigenvalue weighted by Crippen LogP contribution is -2.44. The van der Waals surface area contributed by atoms with Crippen LogP contribution in [0, 0.1) is 19.3 Å². The number of anilines is 1. The number of methoxy groups -OCH3 is 1. The molecule has 1 N–H and O–H groups in total. The predicted molar refractivity (Wildman–Crippen MR) is 148 cm³/mol. The fraction of sp³-hybridized carbons (Fsp3) is 0.536. The molecule has 0 radical (unpaired) electrons. The Hall–Kier alpha value is -2.29. The minimum Gasteiger partial charge on any atom is -0.497 e. The fourth-order valence-electron chi connectivity index (χ4n) is 6.23. The molecule has 0 aromatic heterocycles. The molecule has 202 valence electrons. The molecular formula is C28H38ClN3O4S. The number of fused-ring (bicyclic) bond motifs is 1. The SMILES string of the molecule is COc1cc(C)c(S(=O)(=O)N2CCCc3ccc(CC(=O)N4CCC5(CCNC5)CC4)cc32)c(C)c1.Cl. The van der Waals surface area contributed by atoms with Gasteiger partial charge in [0.2, 0.25) is 5.91 Å². The van der Waals surface area contributed by atoms with Crippen LogP contribution in [0.1, 0.15) is 47.9 Å². The Morgan fingerprint density at radius 2 is 1.76 bits per heavy atom. The lowest BCUT2D eigenvalue weighted by atomic mass is 9.78. The second-order valence-electron chi connectivity index (χ2n) is 10.7. The number of likely N-dealkylation sites (tertiary alicyclic amines) is 1. The van der Waals surface area contributed by atoms with E-state index in [0.717, 1.165) is 63.0 Å². The number of carbonyl (C=O) groups excluding carboxylic acids is 1. The smallest absolute Gasteiger partial charge is 0.264 e. The van der Waals surface area contributed by atoms with E-state index in [0.29, 0.717) is 45.8 Å². The maximum atomic E-state index is 13.9. The number of aryl methyl sites for hydroxylation is 3. The summed E-state index contributed by atoms with van der Waals surface area (Å²) in [6.07, 6.45) is 5.22. The Morgan fingerprint density at radius 1 is 1.05 bits per heavy atom. The first-order valence-corrected chi connectivity index (χ1v) is 14.4. The maximum Gasteiger partial charge on any atom is 0.264 e. The molecule has 2 aromatic carbocycles. The van der Waals surface area contributed by atoms with Gasteiger partial charge in [-0.2, -0.15) is 0 Å². The molecule has 37 heavy (non-hydrogen) atoms. The van der Waals surface area contributed by atoms with Crippen molar-refractivity contribution in [2.24, 2.45) is 5.41 Å². The summed E-state index contributed by atoms with van der Waals surface area (Å²) < 4.78 is 34.7. The normalized spacial score (nSPS) is 18.9. The summed E-state index contributed by atoms with van der Waals surface area (Å²) in [4.78, 5) is 15.5. The number of hydrogen-bond donors (Lipinski definition) is 1. The van der Waals surface area contributed by atoms with Crippen molar-refractivity contribution in [3.05, 3.63) is 52.6 Å². The summed E-state index contributed by atoms with van der Waals surface area (Å²) in [5.74, 6) is 0.777. The molecule has 0 unspecified atom stereocenters. The van der Waals surface area contributed by atoms with Gasteiger partial charge >= 0.3 is 0 Å². The summed E-state index contributed by atoms with van der Waals surface area (Å²) in [7, 11) is -2.18. The zero-order valence-electron chi connectivity index (χ0n) is 22.0. The number of amides is 1. The van der Waals surface area contributed by atoms with Gasteiger partial charge in [0.25, 0.3) is 10.0 Å². The molecule has 2 aromatic rings. The van der Waals surface area contributed by atoms with Crippen LogP contribution in [0.25, 0.3) is 0 Å². The van der Waals surface area contributed by atoms with Gasteiger partial charge in [0.1, 0.15) is 5.75 Å². The van der Waals surface area contributed by atoms with Crippen molar-refractivity contribution in [1.82, 2.24) is 10.2 Å². The Morgan fingerprint density at radius 3 is 2.38 bits per heavy atom. The Balaban J connectivity index is 0.00000320. The minimum atomic E-state index is -3.76. The molecule has 0 saturated carbocycles. The van der Waals surface area contributed by atoms with Crippen LogP contribution in [-0.4, -0.2) is 59.1 Å². The van der Waals surface area contributed by atoms with E-state index in [1.807, 2.05) is 36.9 Å². The first-order chi connectivity index (χ1) is 17.2. The molecule has 0 aliphatic carbocycles. The number of halogens is 1. The van der Waals surface area contributed by atoms with Gasteiger partial charge in [0, 0.05) is 26.2 Å². The molecule has 0 atom stereocenters. The van der Waals surface area contributed by atoms with Crippen molar-refractivity contribution < 1.29 is 17.9 Å². The molecule has 9 heteroatoms. The van der Waals surface area contributed by atoms with Gasteiger partial charge in [0.05, 0.1) is 24.1 Å². The van der Waals surface area contributed by atoms with E-state index in [2.05, 4.69) is 5.32 Å². The van der Waals surface area contributed by atoms with E-state index in [9.17, 15) is 13.2 Å². The van der Waals surface area contributed by atoms with Crippen LogP contribution in [-0.2, 0) is 27.7 Å². The Bertz CT molecular complexity index is 1240. The second kappa shape index (κ2) is 10.8. The van der Waals surface area contributed by atoms with Gasteiger partial charge in [-0.3, -0.25) is 9.10 Å². The summed E-state index contributed by atoms with van der Waals surface area (Å²) in [6, 6.07) is 9.45. The van der Waals surface area contributed by atoms with Crippen LogP contribution in [0.2, 0.25) is 0 Å². The number of sulfonamides is 1. The molecule has 2 saturated heterocycles. The highest BCUT2D eigenvalue weighted by molar-refractivity contribution is 7.93. The summed E-state index contributed by atoms with van der Waals surface area (Å²) >= 11 is 0. The van der Waals surface area contributed by atoms with Crippen molar-refractivity contribution in [2.45, 2.75) is 57.3 Å². The molecule has 1 spiro atoms. The lowest BCUT2D eigenvalue weighted by Gasteiger charge is -2.39. The van der Waals surface area contributed by atoms with E-state index in [4.69, 9.17) is 4.74 Å². The van der Waals surface area contributed by atoms with Gasteiger partial charge in [0.15, 0.2) is 0 Å². The number of nitrogens with zero attached hydrogens (tertiary/aromatic N) is 2. The van der Waals surface area contributed by atoms with Crippen LogP contribution in [0.3, 0.4) is 0 Å². The van der Waals surface area contributed by atoms with Crippen molar-refractivity contribution in [3.8, 4) is 5.75 Å². The highest BCUT2D eigenvalue weighted by atomic mass is 35.5.